The molecular formula is C62H52N6O6. The first-order valence-corrected chi connectivity index (χ1v) is 24.7. The summed E-state index contributed by atoms with van der Waals surface area (Å²) in [5, 5.41) is 0. The van der Waals surface area contributed by atoms with Crippen molar-refractivity contribution in [1.82, 2.24) is 0 Å². The van der Waals surface area contributed by atoms with Crippen LogP contribution in [0.15, 0.2) is 205 Å². The number of hydrogen-bond donors (Lipinski definition) is 0. The standard InChI is InChI=1S/C62H52N6O6/c1-61(2,42-17-23-46(24-18-42)72-35-38-7-4-10-52-49(38)29-32-55(66-63)58(52)69)41-13-15-43(16-14-41)62(3,44-19-25-47(26-20-44)73-36-39-8-5-11-53-50(39)30-33-56(67-64)59(53)70)45-21-27-48(28-22-45)74-37-40-9-6-12-54-51(40)31-34-57(68-65)60(54)71/h4-34,49-54H,35-37H2,1-3H3. The van der Waals surface area contributed by atoms with Crippen LogP contribution in [-0.4, -0.2) is 68.7 Å². The molecule has 0 saturated carbocycles. The molecule has 74 heavy (non-hydrogen) atoms. The number of rotatable bonds is 14. The summed E-state index contributed by atoms with van der Waals surface area (Å²) < 4.78 is 18.9. The molecule has 0 aromatic heterocycles. The summed E-state index contributed by atoms with van der Waals surface area (Å²) in [6, 6.07) is 33.2. The van der Waals surface area contributed by atoms with Crippen LogP contribution in [0.5, 0.6) is 17.2 Å². The van der Waals surface area contributed by atoms with Crippen molar-refractivity contribution in [2.45, 2.75) is 31.6 Å². The molecule has 0 saturated heterocycles. The Kier molecular flexibility index (Phi) is 13.4. The Morgan fingerprint density at radius 1 is 0.392 bits per heavy atom. The van der Waals surface area contributed by atoms with Gasteiger partial charge in [0.15, 0.2) is 0 Å². The van der Waals surface area contributed by atoms with Crippen molar-refractivity contribution in [2.24, 2.45) is 35.5 Å². The third-order valence-corrected chi connectivity index (χ3v) is 15.5. The average molecular weight is 977 g/mol. The Hall–Kier alpha value is -8.91. The molecule has 6 unspecified atom stereocenters. The lowest BCUT2D eigenvalue weighted by Crippen LogP contribution is -2.34. The molecule has 4 aromatic carbocycles. The average Bonchev–Trinajstić information content (AvgIpc) is 3.44. The van der Waals surface area contributed by atoms with Crippen LogP contribution >= 0.6 is 0 Å². The number of hydrogen-bond acceptors (Lipinski definition) is 6. The number of ether oxygens (including phenoxy) is 3. The molecule has 0 fully saturated rings. The van der Waals surface area contributed by atoms with Gasteiger partial charge in [0.05, 0.1) is 17.8 Å². The van der Waals surface area contributed by atoms with Crippen molar-refractivity contribution in [3.8, 4) is 17.2 Å². The number of allylic oxidation sites excluding steroid dienone is 15. The second-order valence-corrected chi connectivity index (χ2v) is 19.9. The van der Waals surface area contributed by atoms with E-state index in [0.717, 1.165) is 44.5 Å². The minimum absolute atomic E-state index is 0.0443. The van der Waals surface area contributed by atoms with Crippen molar-refractivity contribution < 1.29 is 43.0 Å². The minimum atomic E-state index is -0.635. The van der Waals surface area contributed by atoms with Crippen molar-refractivity contribution in [2.75, 3.05) is 19.8 Å². The summed E-state index contributed by atoms with van der Waals surface area (Å²) in [6.45, 7) is 7.49. The van der Waals surface area contributed by atoms with Crippen molar-refractivity contribution in [3.63, 3.8) is 0 Å². The number of fused-ring (bicyclic) bond motifs is 3. The highest BCUT2D eigenvalue weighted by Gasteiger charge is 2.41. The van der Waals surface area contributed by atoms with Gasteiger partial charge in [-0.2, -0.15) is 14.4 Å². The van der Waals surface area contributed by atoms with E-state index in [1.54, 1.807) is 18.2 Å². The van der Waals surface area contributed by atoms with E-state index in [1.165, 1.54) is 0 Å². The van der Waals surface area contributed by atoms with Crippen LogP contribution in [0, 0.1) is 35.5 Å². The van der Waals surface area contributed by atoms with Crippen molar-refractivity contribution >= 4 is 34.5 Å². The van der Waals surface area contributed by atoms with Crippen LogP contribution < -0.4 is 14.2 Å². The van der Waals surface area contributed by atoms with Gasteiger partial charge in [-0.25, -0.2) is 0 Å². The molecule has 12 heteroatoms. The molecule has 0 spiro atoms. The van der Waals surface area contributed by atoms with Crippen molar-refractivity contribution in [3.05, 3.63) is 249 Å². The lowest BCUT2D eigenvalue weighted by Gasteiger charge is -2.33. The van der Waals surface area contributed by atoms with E-state index in [-0.39, 0.29) is 70.9 Å². The predicted molar refractivity (Wildman–Crippen MR) is 281 cm³/mol. The summed E-state index contributed by atoms with van der Waals surface area (Å²) >= 11 is 0. The largest absolute Gasteiger partial charge is 0.489 e. The maximum absolute atomic E-state index is 12.9. The van der Waals surface area contributed by atoms with E-state index in [0.29, 0.717) is 23.9 Å². The van der Waals surface area contributed by atoms with Gasteiger partial charge in [0, 0.05) is 46.8 Å². The van der Waals surface area contributed by atoms with E-state index in [1.807, 2.05) is 109 Å². The first-order chi connectivity index (χ1) is 35.9. The van der Waals surface area contributed by atoms with Crippen molar-refractivity contribution in [1.29, 1.82) is 0 Å². The summed E-state index contributed by atoms with van der Waals surface area (Å²) in [4.78, 5) is 48.1. The van der Waals surface area contributed by atoms with Gasteiger partial charge in [-0.15, -0.1) is 0 Å². The summed E-state index contributed by atoms with van der Waals surface area (Å²) in [5.74, 6) is -0.424. The van der Waals surface area contributed by atoms with E-state index in [2.05, 4.69) is 95.8 Å². The first-order valence-electron chi connectivity index (χ1n) is 24.7. The Morgan fingerprint density at radius 3 is 0.959 bits per heavy atom. The molecule has 0 radical (unpaired) electrons. The molecule has 6 atom stereocenters. The van der Waals surface area contributed by atoms with Gasteiger partial charge in [0.2, 0.25) is 0 Å². The van der Waals surface area contributed by atoms with Gasteiger partial charge in [0.1, 0.15) is 37.1 Å². The number of Topliss-reactive ketones (excluding diaryl/α,β-unsaturated/α-hetero) is 3. The molecule has 0 aliphatic heterocycles. The Morgan fingerprint density at radius 2 is 0.662 bits per heavy atom. The molecule has 6 aliphatic carbocycles. The van der Waals surface area contributed by atoms with Gasteiger partial charge >= 0.3 is 17.1 Å². The smallest absolute Gasteiger partial charge is 0.358 e. The molecule has 12 nitrogen and oxygen atoms in total. The zero-order chi connectivity index (χ0) is 51.6. The highest BCUT2D eigenvalue weighted by atomic mass is 16.5. The van der Waals surface area contributed by atoms with Gasteiger partial charge in [-0.05, 0) is 87.9 Å². The van der Waals surface area contributed by atoms with E-state index >= 15 is 0 Å². The van der Waals surface area contributed by atoms with Crippen LogP contribution in [0.1, 0.15) is 48.6 Å². The summed E-state index contributed by atoms with van der Waals surface area (Å²) in [6.07, 6.45) is 27.3. The molecule has 366 valence electrons. The maximum Gasteiger partial charge on any atom is 0.358 e. The molecular weight excluding hydrogens is 925 g/mol. The monoisotopic (exact) mass is 976 g/mol. The molecule has 0 N–H and O–H groups in total. The second-order valence-electron chi connectivity index (χ2n) is 19.9. The Bertz CT molecular complexity index is 3270. The van der Waals surface area contributed by atoms with Crippen LogP contribution in [0.4, 0.5) is 0 Å². The van der Waals surface area contributed by atoms with Gasteiger partial charge < -0.3 is 30.8 Å². The van der Waals surface area contributed by atoms with Crippen LogP contribution in [-0.2, 0) is 25.2 Å². The van der Waals surface area contributed by atoms with Crippen LogP contribution in [0.3, 0.4) is 0 Å². The molecule has 0 heterocycles. The summed E-state index contributed by atoms with van der Waals surface area (Å²) in [5.41, 5.74) is 35.2. The number of ketones is 3. The first kappa shape index (κ1) is 48.7. The topological polar surface area (TPSA) is 188 Å². The fourth-order valence-electron chi connectivity index (χ4n) is 10.9. The molecule has 6 aliphatic rings. The Labute approximate surface area is 429 Å². The lowest BCUT2D eigenvalue weighted by atomic mass is 9.70. The fourth-order valence-corrected chi connectivity index (χ4v) is 10.9. The summed E-state index contributed by atoms with van der Waals surface area (Å²) in [7, 11) is 0. The normalized spacial score (nSPS) is 23.3. The number of benzene rings is 4. The predicted octanol–water partition coefficient (Wildman–Crippen LogP) is 10.1. The molecule has 4 aromatic rings. The maximum atomic E-state index is 12.9. The number of carbonyl (C=O) groups is 3. The second kappa shape index (κ2) is 20.3. The molecule has 10 rings (SSSR count). The Balaban J connectivity index is 0.876. The van der Waals surface area contributed by atoms with Crippen LogP contribution in [0.2, 0.25) is 0 Å². The van der Waals surface area contributed by atoms with E-state index < -0.39 is 23.2 Å². The zero-order valence-corrected chi connectivity index (χ0v) is 41.1. The number of carbonyl (C=O) groups excluding carboxylic acids is 3. The third-order valence-electron chi connectivity index (χ3n) is 15.5. The van der Waals surface area contributed by atoms with E-state index in [4.69, 9.17) is 14.2 Å². The quantitative estimate of drug-likeness (QED) is 0.0687. The van der Waals surface area contributed by atoms with E-state index in [9.17, 15) is 31.0 Å². The number of nitrogens with zero attached hydrogens (tertiary/aromatic N) is 6. The third kappa shape index (κ3) is 9.14. The molecule has 0 bridgehead atoms. The highest BCUT2D eigenvalue weighted by Crippen LogP contribution is 2.43. The van der Waals surface area contributed by atoms with Gasteiger partial charge in [-0.3, -0.25) is 14.4 Å². The zero-order valence-electron chi connectivity index (χ0n) is 41.1. The molecule has 0 amide bonds. The highest BCUT2D eigenvalue weighted by molar-refractivity contribution is 6.44. The fraction of sp³-hybridized carbons (Fsp3) is 0.226. The lowest BCUT2D eigenvalue weighted by molar-refractivity contribution is -0.120. The van der Waals surface area contributed by atoms with Gasteiger partial charge in [-0.1, -0.05) is 147 Å². The van der Waals surface area contributed by atoms with Gasteiger partial charge in [0.25, 0.3) is 17.3 Å². The SMILES string of the molecule is CC(C)(c1ccc(OCC2=CC=CC3C(=O)C(=[N+]=[N-])C=CC23)cc1)c1ccc(C(C)(c2ccc(OCC3=CC=CC4C(=O)C(=[N+]=[N-])C=CC34)cc2)c2ccc(OCC3=CC=CC4C(=O)C(=[N+]=[N-])C=CC34)cc2)cc1. The van der Waals surface area contributed by atoms with Crippen LogP contribution in [0.25, 0.3) is 16.6 Å². The minimum Gasteiger partial charge on any atom is -0.489 e.